The van der Waals surface area contributed by atoms with Crippen LogP contribution in [0.15, 0.2) is 24.3 Å². The summed E-state index contributed by atoms with van der Waals surface area (Å²) >= 11 is 0. The lowest BCUT2D eigenvalue weighted by Gasteiger charge is -2.29. The fourth-order valence-electron chi connectivity index (χ4n) is 2.55. The Bertz CT molecular complexity index is 539. The summed E-state index contributed by atoms with van der Waals surface area (Å²) in [5.74, 6) is 0.292. The lowest BCUT2D eigenvalue weighted by molar-refractivity contribution is -0.0496. The highest BCUT2D eigenvalue weighted by Crippen LogP contribution is 2.31. The molecular weight excluding hydrogens is 276 g/mol. The van der Waals surface area contributed by atoms with Crippen molar-refractivity contribution in [2.45, 2.75) is 38.4 Å². The Balaban J connectivity index is 1.95. The van der Waals surface area contributed by atoms with Gasteiger partial charge in [-0.25, -0.2) is 8.42 Å². The van der Waals surface area contributed by atoms with Crippen molar-refractivity contribution < 1.29 is 18.3 Å². The number of hydrogen-bond donors (Lipinski definition) is 1. The second-order valence-corrected chi connectivity index (χ2v) is 7.66. The molecule has 20 heavy (non-hydrogen) atoms. The van der Waals surface area contributed by atoms with E-state index in [2.05, 4.69) is 6.07 Å². The highest BCUT2D eigenvalue weighted by atomic mass is 32.2. The molecule has 1 aliphatic heterocycles. The second-order valence-electron chi connectivity index (χ2n) is 5.19. The number of rotatable bonds is 6. The summed E-state index contributed by atoms with van der Waals surface area (Å²) in [4.78, 5) is 0. The minimum absolute atomic E-state index is 0.134. The third-order valence-corrected chi connectivity index (χ3v) is 5.57. The molecule has 112 valence electrons. The van der Waals surface area contributed by atoms with Crippen LogP contribution in [-0.2, 0) is 21.0 Å². The maximum absolute atomic E-state index is 11.4. The van der Waals surface area contributed by atoms with Crippen LogP contribution in [0.5, 0.6) is 0 Å². The first-order valence-corrected chi connectivity index (χ1v) is 8.93. The predicted molar refractivity (Wildman–Crippen MR) is 78.4 cm³/mol. The van der Waals surface area contributed by atoms with Gasteiger partial charge in [-0.1, -0.05) is 31.2 Å². The molecule has 5 heteroatoms. The number of hydrogen-bond acceptors (Lipinski definition) is 4. The van der Waals surface area contributed by atoms with E-state index in [4.69, 9.17) is 4.74 Å². The summed E-state index contributed by atoms with van der Waals surface area (Å²) in [6, 6.07) is 7.96. The van der Waals surface area contributed by atoms with E-state index in [-0.39, 0.29) is 17.6 Å². The molecule has 1 heterocycles. The van der Waals surface area contributed by atoms with Crippen molar-refractivity contribution in [3.8, 4) is 0 Å². The van der Waals surface area contributed by atoms with E-state index in [1.165, 1.54) is 5.56 Å². The first-order chi connectivity index (χ1) is 9.53. The zero-order valence-electron chi connectivity index (χ0n) is 11.8. The Morgan fingerprint density at radius 3 is 2.90 bits per heavy atom. The zero-order chi connectivity index (χ0) is 14.6. The maximum atomic E-state index is 11.4. The molecule has 0 saturated heterocycles. The van der Waals surface area contributed by atoms with E-state index < -0.39 is 15.9 Å². The van der Waals surface area contributed by atoms with Crippen LogP contribution in [0.2, 0.25) is 0 Å². The first kappa shape index (κ1) is 15.5. The monoisotopic (exact) mass is 298 g/mol. The molecule has 2 rings (SSSR count). The van der Waals surface area contributed by atoms with Gasteiger partial charge in [-0.15, -0.1) is 0 Å². The van der Waals surface area contributed by atoms with E-state index in [0.717, 1.165) is 12.0 Å². The van der Waals surface area contributed by atoms with Gasteiger partial charge in [0.15, 0.2) is 0 Å². The van der Waals surface area contributed by atoms with Crippen LogP contribution in [0.3, 0.4) is 0 Å². The summed E-state index contributed by atoms with van der Waals surface area (Å²) in [6.45, 7) is 2.25. The van der Waals surface area contributed by atoms with Gasteiger partial charge in [-0.2, -0.15) is 0 Å². The fourth-order valence-corrected chi connectivity index (χ4v) is 3.45. The SMILES string of the molecule is CCS(=O)(=O)CCCC(O)C1OCCc2ccccc21. The topological polar surface area (TPSA) is 63.6 Å². The molecule has 0 spiro atoms. The van der Waals surface area contributed by atoms with Gasteiger partial charge in [0.25, 0.3) is 0 Å². The Morgan fingerprint density at radius 1 is 1.40 bits per heavy atom. The van der Waals surface area contributed by atoms with Crippen LogP contribution in [0.1, 0.15) is 37.0 Å². The minimum atomic E-state index is -2.96. The van der Waals surface area contributed by atoms with Crippen molar-refractivity contribution in [3.05, 3.63) is 35.4 Å². The molecule has 2 atom stereocenters. The van der Waals surface area contributed by atoms with E-state index in [0.29, 0.717) is 19.4 Å². The standard InChI is InChI=1S/C15H22O4S/c1-2-20(17,18)11-5-8-14(16)15-13-7-4-3-6-12(13)9-10-19-15/h3-4,6-7,14-16H,2,5,8-11H2,1H3. The molecule has 0 amide bonds. The molecule has 0 fully saturated rings. The highest BCUT2D eigenvalue weighted by molar-refractivity contribution is 7.91. The van der Waals surface area contributed by atoms with Gasteiger partial charge in [0.1, 0.15) is 15.9 Å². The molecule has 1 aromatic rings. The number of aliphatic hydroxyl groups excluding tert-OH is 1. The largest absolute Gasteiger partial charge is 0.390 e. The number of ether oxygens (including phenoxy) is 1. The number of aliphatic hydroxyl groups is 1. The van der Waals surface area contributed by atoms with Crippen LogP contribution >= 0.6 is 0 Å². The van der Waals surface area contributed by atoms with Gasteiger partial charge in [0, 0.05) is 5.75 Å². The van der Waals surface area contributed by atoms with E-state index in [1.54, 1.807) is 6.92 Å². The molecule has 1 aliphatic rings. The lowest BCUT2D eigenvalue weighted by Crippen LogP contribution is -2.27. The van der Waals surface area contributed by atoms with Crippen LogP contribution in [0.25, 0.3) is 0 Å². The number of fused-ring (bicyclic) bond motifs is 1. The van der Waals surface area contributed by atoms with Gasteiger partial charge in [0.2, 0.25) is 0 Å². The summed E-state index contributed by atoms with van der Waals surface area (Å²) in [7, 11) is -2.96. The molecule has 0 bridgehead atoms. The predicted octanol–water partition coefficient (Wildman–Crippen LogP) is 1.88. The highest BCUT2D eigenvalue weighted by Gasteiger charge is 2.27. The van der Waals surface area contributed by atoms with Gasteiger partial charge in [-0.05, 0) is 30.4 Å². The van der Waals surface area contributed by atoms with Gasteiger partial charge in [0.05, 0.1) is 18.5 Å². The van der Waals surface area contributed by atoms with Crippen molar-refractivity contribution in [3.63, 3.8) is 0 Å². The molecule has 0 radical (unpaired) electrons. The Labute approximate surface area is 120 Å². The average Bonchev–Trinajstić information content (AvgIpc) is 2.46. The summed E-state index contributed by atoms with van der Waals surface area (Å²) < 4.78 is 28.6. The van der Waals surface area contributed by atoms with E-state index in [1.807, 2.05) is 18.2 Å². The van der Waals surface area contributed by atoms with Gasteiger partial charge < -0.3 is 9.84 Å². The summed E-state index contributed by atoms with van der Waals surface area (Å²) in [6.07, 6.45) is 0.800. The van der Waals surface area contributed by atoms with Crippen molar-refractivity contribution in [1.82, 2.24) is 0 Å². The first-order valence-electron chi connectivity index (χ1n) is 7.11. The molecule has 1 aromatic carbocycles. The number of benzene rings is 1. The fraction of sp³-hybridized carbons (Fsp3) is 0.600. The van der Waals surface area contributed by atoms with Gasteiger partial charge >= 0.3 is 0 Å². The van der Waals surface area contributed by atoms with Crippen molar-refractivity contribution in [2.24, 2.45) is 0 Å². The van der Waals surface area contributed by atoms with E-state index in [9.17, 15) is 13.5 Å². The molecule has 1 N–H and O–H groups in total. The number of sulfone groups is 1. The van der Waals surface area contributed by atoms with Crippen LogP contribution in [0, 0.1) is 0 Å². The quantitative estimate of drug-likeness (QED) is 0.871. The van der Waals surface area contributed by atoms with Crippen LogP contribution in [0.4, 0.5) is 0 Å². The lowest BCUT2D eigenvalue weighted by atomic mass is 9.93. The maximum Gasteiger partial charge on any atom is 0.150 e. The third-order valence-electron chi connectivity index (χ3n) is 3.77. The van der Waals surface area contributed by atoms with Crippen LogP contribution < -0.4 is 0 Å². The Hall–Kier alpha value is -0.910. The molecular formula is C15H22O4S. The zero-order valence-corrected chi connectivity index (χ0v) is 12.6. The summed E-state index contributed by atoms with van der Waals surface area (Å²) in [5.41, 5.74) is 2.24. The second kappa shape index (κ2) is 6.70. The molecule has 4 nitrogen and oxygen atoms in total. The van der Waals surface area contributed by atoms with Crippen molar-refractivity contribution in [2.75, 3.05) is 18.1 Å². The Morgan fingerprint density at radius 2 is 2.15 bits per heavy atom. The third kappa shape index (κ3) is 3.81. The molecule has 0 aromatic heterocycles. The summed E-state index contributed by atoms with van der Waals surface area (Å²) in [5, 5.41) is 10.3. The van der Waals surface area contributed by atoms with E-state index >= 15 is 0 Å². The smallest absolute Gasteiger partial charge is 0.150 e. The van der Waals surface area contributed by atoms with Gasteiger partial charge in [-0.3, -0.25) is 0 Å². The molecule has 0 saturated carbocycles. The van der Waals surface area contributed by atoms with Crippen LogP contribution in [-0.4, -0.2) is 37.7 Å². The average molecular weight is 298 g/mol. The molecule has 2 unspecified atom stereocenters. The van der Waals surface area contributed by atoms with Crippen molar-refractivity contribution >= 4 is 9.84 Å². The normalized spacial score (nSPS) is 20.4. The minimum Gasteiger partial charge on any atom is -0.390 e. The van der Waals surface area contributed by atoms with Crippen molar-refractivity contribution in [1.29, 1.82) is 0 Å². The Kier molecular flexibility index (Phi) is 5.18. The molecule has 0 aliphatic carbocycles.